The van der Waals surface area contributed by atoms with Crippen LogP contribution in [-0.4, -0.2) is 19.2 Å². The molecule has 1 aromatic heterocycles. The third-order valence-electron chi connectivity index (χ3n) is 4.04. The second-order valence-corrected chi connectivity index (χ2v) is 7.93. The fourth-order valence-electron chi connectivity index (χ4n) is 2.70. The molecule has 1 N–H and O–H groups in total. The van der Waals surface area contributed by atoms with Crippen LogP contribution in [0.15, 0.2) is 64.7 Å². The summed E-state index contributed by atoms with van der Waals surface area (Å²) in [4.78, 5) is 2.47. The van der Waals surface area contributed by atoms with Crippen molar-refractivity contribution in [2.24, 2.45) is 5.10 Å². The Morgan fingerprint density at radius 1 is 1.08 bits per heavy atom. The summed E-state index contributed by atoms with van der Waals surface area (Å²) in [5.74, 6) is 0. The maximum atomic E-state index is 12.3. The second-order valence-electron chi connectivity index (χ2n) is 6.27. The Balaban J connectivity index is 1.88. The van der Waals surface area contributed by atoms with Crippen LogP contribution in [0, 0.1) is 6.92 Å². The normalized spacial score (nSPS) is 12.3. The number of sulfonamides is 1. The van der Waals surface area contributed by atoms with Gasteiger partial charge in [0.2, 0.25) is 0 Å². The first-order chi connectivity index (χ1) is 11.9. The molecule has 1 heterocycles. The predicted molar refractivity (Wildman–Crippen MR) is 101 cm³/mol. The van der Waals surface area contributed by atoms with Crippen molar-refractivity contribution < 1.29 is 8.42 Å². The molecule has 0 radical (unpaired) electrons. The number of rotatable bonds is 5. The molecule has 0 atom stereocenters. The second kappa shape index (κ2) is 6.72. The van der Waals surface area contributed by atoms with Gasteiger partial charge in [0, 0.05) is 28.7 Å². The van der Waals surface area contributed by atoms with E-state index in [9.17, 15) is 8.42 Å². The van der Waals surface area contributed by atoms with Gasteiger partial charge in [-0.3, -0.25) is 0 Å². The van der Waals surface area contributed by atoms with Gasteiger partial charge >= 0.3 is 0 Å². The van der Waals surface area contributed by atoms with Crippen molar-refractivity contribution in [3.05, 3.63) is 65.9 Å². The number of hydrazone groups is 1. The number of hydrogen-bond donors (Lipinski definition) is 1. The van der Waals surface area contributed by atoms with E-state index < -0.39 is 10.0 Å². The van der Waals surface area contributed by atoms with Crippen LogP contribution in [0.2, 0.25) is 0 Å². The fourth-order valence-corrected chi connectivity index (χ4v) is 3.49. The molecule has 6 heteroatoms. The zero-order valence-corrected chi connectivity index (χ0v) is 15.3. The van der Waals surface area contributed by atoms with E-state index in [-0.39, 0.29) is 4.90 Å². The van der Waals surface area contributed by atoms with E-state index in [1.807, 2.05) is 37.4 Å². The van der Waals surface area contributed by atoms with E-state index in [1.54, 1.807) is 30.5 Å². The summed E-state index contributed by atoms with van der Waals surface area (Å²) in [6, 6.07) is 14.9. The number of benzene rings is 2. The molecule has 0 amide bonds. The van der Waals surface area contributed by atoms with Gasteiger partial charge in [-0.15, -0.1) is 0 Å². The van der Waals surface area contributed by atoms with Crippen LogP contribution in [0.25, 0.3) is 10.9 Å². The SMILES string of the molecule is Cc1ccc(S(=O)(=O)NN=Cc2cn(C(C)C)c3ccccc23)cc1. The van der Waals surface area contributed by atoms with Crippen molar-refractivity contribution in [3.63, 3.8) is 0 Å². The number of nitrogens with zero attached hydrogens (tertiary/aromatic N) is 2. The molecule has 0 aliphatic carbocycles. The molecule has 5 nitrogen and oxygen atoms in total. The molecule has 0 unspecified atom stereocenters. The van der Waals surface area contributed by atoms with E-state index in [2.05, 4.69) is 28.3 Å². The zero-order valence-electron chi connectivity index (χ0n) is 14.5. The van der Waals surface area contributed by atoms with Crippen LogP contribution in [0.3, 0.4) is 0 Å². The van der Waals surface area contributed by atoms with Crippen LogP contribution in [0.5, 0.6) is 0 Å². The van der Waals surface area contributed by atoms with Crippen LogP contribution in [0.1, 0.15) is 31.0 Å². The maximum absolute atomic E-state index is 12.3. The highest BCUT2D eigenvalue weighted by molar-refractivity contribution is 7.89. The molecular formula is C19H21N3O2S. The van der Waals surface area contributed by atoms with Crippen molar-refractivity contribution in [2.75, 3.05) is 0 Å². The van der Waals surface area contributed by atoms with E-state index >= 15 is 0 Å². The summed E-state index contributed by atoms with van der Waals surface area (Å²) in [7, 11) is -3.66. The van der Waals surface area contributed by atoms with Crippen molar-refractivity contribution in [3.8, 4) is 0 Å². The lowest BCUT2D eigenvalue weighted by molar-refractivity contribution is 0.584. The Kier molecular flexibility index (Phi) is 4.63. The van der Waals surface area contributed by atoms with Gasteiger partial charge in [0.1, 0.15) is 0 Å². The highest BCUT2D eigenvalue weighted by atomic mass is 32.2. The first-order valence-corrected chi connectivity index (χ1v) is 9.58. The number of aryl methyl sites for hydroxylation is 1. The zero-order chi connectivity index (χ0) is 18.0. The van der Waals surface area contributed by atoms with Gasteiger partial charge in [-0.05, 0) is 39.0 Å². The fraction of sp³-hybridized carbons (Fsp3) is 0.211. The minimum Gasteiger partial charge on any atom is -0.344 e. The lowest BCUT2D eigenvalue weighted by Crippen LogP contribution is -2.18. The minimum atomic E-state index is -3.66. The minimum absolute atomic E-state index is 0.194. The quantitative estimate of drug-likeness (QED) is 0.558. The van der Waals surface area contributed by atoms with Gasteiger partial charge in [-0.2, -0.15) is 13.5 Å². The van der Waals surface area contributed by atoms with Gasteiger partial charge in [-0.25, -0.2) is 4.83 Å². The van der Waals surface area contributed by atoms with Gasteiger partial charge in [0.25, 0.3) is 10.0 Å². The molecule has 0 saturated heterocycles. The summed E-state index contributed by atoms with van der Waals surface area (Å²) in [5, 5.41) is 5.00. The van der Waals surface area contributed by atoms with Gasteiger partial charge < -0.3 is 4.57 Å². The number of nitrogens with one attached hydrogen (secondary N) is 1. The summed E-state index contributed by atoms with van der Waals surface area (Å²) in [6.07, 6.45) is 3.53. The molecular weight excluding hydrogens is 334 g/mol. The summed E-state index contributed by atoms with van der Waals surface area (Å²) < 4.78 is 26.7. The molecule has 0 bridgehead atoms. The number of para-hydroxylation sites is 1. The average Bonchev–Trinajstić information content (AvgIpc) is 2.94. The summed E-state index contributed by atoms with van der Waals surface area (Å²) >= 11 is 0. The maximum Gasteiger partial charge on any atom is 0.276 e. The Labute approximate surface area is 148 Å². The monoisotopic (exact) mass is 355 g/mol. The Hall–Kier alpha value is -2.60. The third-order valence-corrected chi connectivity index (χ3v) is 5.27. The van der Waals surface area contributed by atoms with Crippen molar-refractivity contribution >= 4 is 27.1 Å². The summed E-state index contributed by atoms with van der Waals surface area (Å²) in [5.41, 5.74) is 2.97. The van der Waals surface area contributed by atoms with E-state index in [1.165, 1.54) is 0 Å². The van der Waals surface area contributed by atoms with Crippen LogP contribution >= 0.6 is 0 Å². The van der Waals surface area contributed by atoms with Crippen LogP contribution in [-0.2, 0) is 10.0 Å². The number of aromatic nitrogens is 1. The lowest BCUT2D eigenvalue weighted by Gasteiger charge is -2.08. The van der Waals surface area contributed by atoms with Crippen LogP contribution in [0.4, 0.5) is 0 Å². The van der Waals surface area contributed by atoms with Gasteiger partial charge in [-0.1, -0.05) is 35.9 Å². The third kappa shape index (κ3) is 3.58. The van der Waals surface area contributed by atoms with E-state index in [4.69, 9.17) is 0 Å². The lowest BCUT2D eigenvalue weighted by atomic mass is 10.2. The summed E-state index contributed by atoms with van der Waals surface area (Å²) in [6.45, 7) is 6.12. The van der Waals surface area contributed by atoms with E-state index in [0.717, 1.165) is 22.0 Å². The highest BCUT2D eigenvalue weighted by Gasteiger charge is 2.12. The molecule has 0 aliphatic rings. The highest BCUT2D eigenvalue weighted by Crippen LogP contribution is 2.23. The smallest absolute Gasteiger partial charge is 0.276 e. The molecule has 0 spiro atoms. The largest absolute Gasteiger partial charge is 0.344 e. The Morgan fingerprint density at radius 3 is 2.44 bits per heavy atom. The van der Waals surface area contributed by atoms with Gasteiger partial charge in [0.15, 0.2) is 0 Å². The first kappa shape index (κ1) is 17.2. The number of hydrogen-bond acceptors (Lipinski definition) is 3. The van der Waals surface area contributed by atoms with Crippen molar-refractivity contribution in [2.45, 2.75) is 31.7 Å². The average molecular weight is 355 g/mol. The van der Waals surface area contributed by atoms with Crippen molar-refractivity contribution in [1.82, 2.24) is 9.40 Å². The molecule has 25 heavy (non-hydrogen) atoms. The molecule has 3 aromatic rings. The standard InChI is InChI=1S/C19H21N3O2S/c1-14(2)22-13-16(18-6-4-5-7-19(18)22)12-20-21-25(23,24)17-10-8-15(3)9-11-17/h4-14,21H,1-3H3. The number of fused-ring (bicyclic) bond motifs is 1. The molecule has 0 fully saturated rings. The molecule has 0 aliphatic heterocycles. The van der Waals surface area contributed by atoms with E-state index in [0.29, 0.717) is 6.04 Å². The topological polar surface area (TPSA) is 63.5 Å². The van der Waals surface area contributed by atoms with Crippen molar-refractivity contribution in [1.29, 1.82) is 0 Å². The Bertz CT molecular complexity index is 1020. The Morgan fingerprint density at radius 2 is 1.76 bits per heavy atom. The first-order valence-electron chi connectivity index (χ1n) is 8.09. The molecule has 3 rings (SSSR count). The van der Waals surface area contributed by atoms with Crippen LogP contribution < -0.4 is 4.83 Å². The predicted octanol–water partition coefficient (Wildman–Crippen LogP) is 3.84. The molecule has 0 saturated carbocycles. The van der Waals surface area contributed by atoms with Gasteiger partial charge in [0.05, 0.1) is 11.1 Å². The molecule has 2 aromatic carbocycles. The molecule has 130 valence electrons.